The first-order valence-electron chi connectivity index (χ1n) is 5.82. The van der Waals surface area contributed by atoms with E-state index in [1.807, 2.05) is 0 Å². The van der Waals surface area contributed by atoms with Crippen LogP contribution in [0.5, 0.6) is 0 Å². The van der Waals surface area contributed by atoms with Crippen LogP contribution < -0.4 is 5.32 Å². The third kappa shape index (κ3) is 8.85. The van der Waals surface area contributed by atoms with Crippen molar-refractivity contribution < 1.29 is 18.9 Å². The molecule has 0 aliphatic carbocycles. The Balaban J connectivity index is 3.96. The molecule has 0 bridgehead atoms. The Labute approximate surface area is 104 Å². The molecule has 0 rings (SSSR count). The first-order valence-corrected chi connectivity index (χ1v) is 7.31. The monoisotopic (exact) mass is 263 g/mol. The van der Waals surface area contributed by atoms with Crippen molar-refractivity contribution in [2.24, 2.45) is 0 Å². The molecule has 0 aliphatic heterocycles. The second kappa shape index (κ2) is 9.15. The fourth-order valence-corrected chi connectivity index (χ4v) is 2.67. The van der Waals surface area contributed by atoms with Crippen molar-refractivity contribution in [2.75, 3.05) is 11.5 Å². The summed E-state index contributed by atoms with van der Waals surface area (Å²) in [5.74, 6) is -1.06. The number of amides is 1. The molecule has 0 radical (unpaired) electrons. The number of carbonyl (C=O) groups excluding carboxylic acids is 1. The fraction of sp³-hybridized carbons (Fsp3) is 0.818. The van der Waals surface area contributed by atoms with Crippen molar-refractivity contribution in [2.45, 2.75) is 45.6 Å². The van der Waals surface area contributed by atoms with Gasteiger partial charge in [0.2, 0.25) is 5.91 Å². The molecule has 2 atom stereocenters. The lowest BCUT2D eigenvalue weighted by Gasteiger charge is -2.12. The van der Waals surface area contributed by atoms with E-state index in [0.29, 0.717) is 5.75 Å². The van der Waals surface area contributed by atoms with Crippen molar-refractivity contribution >= 4 is 22.7 Å². The molecule has 0 spiro atoms. The van der Waals surface area contributed by atoms with Crippen LogP contribution in [0.25, 0.3) is 0 Å². The van der Waals surface area contributed by atoms with Gasteiger partial charge in [-0.3, -0.25) is 9.00 Å². The number of carboxylic acids is 1. The van der Waals surface area contributed by atoms with Crippen LogP contribution in [0.3, 0.4) is 0 Å². The highest BCUT2D eigenvalue weighted by Crippen LogP contribution is 2.01. The van der Waals surface area contributed by atoms with E-state index in [0.717, 1.165) is 25.7 Å². The van der Waals surface area contributed by atoms with E-state index in [1.165, 1.54) is 6.92 Å². The number of aliphatic carboxylic acids is 1. The van der Waals surface area contributed by atoms with Gasteiger partial charge >= 0.3 is 5.97 Å². The molecule has 1 unspecified atom stereocenters. The molecule has 2 N–H and O–H groups in total. The highest BCUT2D eigenvalue weighted by atomic mass is 32.2. The molecule has 5 nitrogen and oxygen atoms in total. The SMILES string of the molecule is CCCCCCS(=O)C[C@H](NC(C)=O)C(=O)O. The van der Waals surface area contributed by atoms with Crippen molar-refractivity contribution in [1.29, 1.82) is 0 Å². The molecular formula is C11H21NO4S. The molecule has 1 amide bonds. The number of hydrogen-bond donors (Lipinski definition) is 2. The average molecular weight is 263 g/mol. The summed E-state index contributed by atoms with van der Waals surface area (Å²) in [6.45, 7) is 3.34. The van der Waals surface area contributed by atoms with Gasteiger partial charge in [0.1, 0.15) is 6.04 Å². The summed E-state index contributed by atoms with van der Waals surface area (Å²) in [6.07, 6.45) is 4.06. The predicted molar refractivity (Wildman–Crippen MR) is 67.3 cm³/mol. The number of rotatable bonds is 9. The smallest absolute Gasteiger partial charge is 0.327 e. The maximum Gasteiger partial charge on any atom is 0.327 e. The van der Waals surface area contributed by atoms with Crippen LogP contribution in [-0.4, -0.2) is 38.7 Å². The topological polar surface area (TPSA) is 83.5 Å². The lowest BCUT2D eigenvalue weighted by Crippen LogP contribution is -2.43. The Morgan fingerprint density at radius 3 is 2.41 bits per heavy atom. The summed E-state index contributed by atoms with van der Waals surface area (Å²) < 4.78 is 11.6. The van der Waals surface area contributed by atoms with E-state index >= 15 is 0 Å². The molecule has 17 heavy (non-hydrogen) atoms. The average Bonchev–Trinajstić information content (AvgIpc) is 2.22. The number of carboxylic acid groups (broad SMARTS) is 1. The minimum absolute atomic E-state index is 0.0129. The van der Waals surface area contributed by atoms with E-state index in [2.05, 4.69) is 12.2 Å². The van der Waals surface area contributed by atoms with Crippen molar-refractivity contribution in [3.05, 3.63) is 0 Å². The van der Waals surface area contributed by atoms with Gasteiger partial charge in [-0.05, 0) is 6.42 Å². The zero-order valence-corrected chi connectivity index (χ0v) is 11.2. The van der Waals surface area contributed by atoms with E-state index < -0.39 is 28.7 Å². The van der Waals surface area contributed by atoms with Gasteiger partial charge in [-0.25, -0.2) is 4.79 Å². The van der Waals surface area contributed by atoms with Gasteiger partial charge in [-0.1, -0.05) is 26.2 Å². The Morgan fingerprint density at radius 2 is 1.94 bits per heavy atom. The summed E-state index contributed by atoms with van der Waals surface area (Å²) in [6, 6.07) is -1.04. The highest BCUT2D eigenvalue weighted by Gasteiger charge is 2.20. The quantitative estimate of drug-likeness (QED) is 0.605. The third-order valence-electron chi connectivity index (χ3n) is 2.25. The fourth-order valence-electron chi connectivity index (χ4n) is 1.38. The molecule has 0 aliphatic rings. The Bertz CT molecular complexity index is 281. The minimum atomic E-state index is -1.19. The van der Waals surface area contributed by atoms with Crippen LogP contribution >= 0.6 is 0 Å². The van der Waals surface area contributed by atoms with Crippen molar-refractivity contribution in [3.8, 4) is 0 Å². The molecule has 0 aromatic heterocycles. The van der Waals surface area contributed by atoms with Gasteiger partial charge in [-0.2, -0.15) is 0 Å². The predicted octanol–water partition coefficient (Wildman–Crippen LogP) is 0.905. The van der Waals surface area contributed by atoms with E-state index in [4.69, 9.17) is 5.11 Å². The summed E-state index contributed by atoms with van der Waals surface area (Å²) in [4.78, 5) is 21.6. The Morgan fingerprint density at radius 1 is 1.29 bits per heavy atom. The second-order valence-electron chi connectivity index (χ2n) is 3.96. The van der Waals surface area contributed by atoms with Crippen LogP contribution in [0, 0.1) is 0 Å². The number of carbonyl (C=O) groups is 2. The van der Waals surface area contributed by atoms with Gasteiger partial charge in [0, 0.05) is 23.5 Å². The van der Waals surface area contributed by atoms with Gasteiger partial charge in [0.25, 0.3) is 0 Å². The van der Waals surface area contributed by atoms with Gasteiger partial charge in [-0.15, -0.1) is 0 Å². The molecule has 0 heterocycles. The number of nitrogens with one attached hydrogen (secondary N) is 1. The maximum absolute atomic E-state index is 11.6. The first-order chi connectivity index (χ1) is 7.97. The maximum atomic E-state index is 11.6. The molecule has 0 aromatic carbocycles. The minimum Gasteiger partial charge on any atom is -0.480 e. The van der Waals surface area contributed by atoms with Crippen LogP contribution in [-0.2, 0) is 20.4 Å². The zero-order valence-electron chi connectivity index (χ0n) is 10.4. The van der Waals surface area contributed by atoms with Crippen LogP contribution in [0.1, 0.15) is 39.5 Å². The van der Waals surface area contributed by atoms with Crippen LogP contribution in [0.4, 0.5) is 0 Å². The summed E-state index contributed by atoms with van der Waals surface area (Å²) >= 11 is 0. The largest absolute Gasteiger partial charge is 0.480 e. The standard InChI is InChI=1S/C11H21NO4S/c1-3-4-5-6-7-17(16)8-10(11(14)15)12-9(2)13/h10H,3-8H2,1-2H3,(H,12,13)(H,14,15)/t10-,17?/m0/s1. The summed E-state index contributed by atoms with van der Waals surface area (Å²) in [5, 5.41) is 11.1. The molecule has 0 aromatic rings. The third-order valence-corrected chi connectivity index (χ3v) is 3.70. The van der Waals surface area contributed by atoms with E-state index in [-0.39, 0.29) is 5.75 Å². The van der Waals surface area contributed by atoms with Gasteiger partial charge in [0.05, 0.1) is 5.75 Å². The second-order valence-corrected chi connectivity index (χ2v) is 5.58. The zero-order chi connectivity index (χ0) is 13.3. The van der Waals surface area contributed by atoms with Crippen molar-refractivity contribution in [3.63, 3.8) is 0 Å². The van der Waals surface area contributed by atoms with Gasteiger partial charge in [0.15, 0.2) is 0 Å². The lowest BCUT2D eigenvalue weighted by molar-refractivity contribution is -0.140. The molecular weight excluding hydrogens is 242 g/mol. The van der Waals surface area contributed by atoms with E-state index in [1.54, 1.807) is 0 Å². The Kier molecular flexibility index (Phi) is 8.66. The summed E-state index contributed by atoms with van der Waals surface area (Å²) in [5.41, 5.74) is 0. The molecule has 0 saturated heterocycles. The van der Waals surface area contributed by atoms with E-state index in [9.17, 15) is 13.8 Å². The summed E-state index contributed by atoms with van der Waals surface area (Å²) in [7, 11) is -1.19. The number of hydrogen-bond acceptors (Lipinski definition) is 3. The van der Waals surface area contributed by atoms with Crippen molar-refractivity contribution in [1.82, 2.24) is 5.32 Å². The Hall–Kier alpha value is -0.910. The normalized spacial score (nSPS) is 14.0. The molecule has 100 valence electrons. The molecule has 0 saturated carbocycles. The van der Waals surface area contributed by atoms with Crippen LogP contribution in [0.15, 0.2) is 0 Å². The lowest BCUT2D eigenvalue weighted by atomic mass is 10.2. The highest BCUT2D eigenvalue weighted by molar-refractivity contribution is 7.85. The number of unbranched alkanes of at least 4 members (excludes halogenated alkanes) is 3. The molecule has 6 heteroatoms. The van der Waals surface area contributed by atoms with Gasteiger partial charge < -0.3 is 10.4 Å². The van der Waals surface area contributed by atoms with Crippen LogP contribution in [0.2, 0.25) is 0 Å². The first kappa shape index (κ1) is 16.1. The molecule has 0 fully saturated rings.